The summed E-state index contributed by atoms with van der Waals surface area (Å²) in [5.74, 6) is 2.51. The van der Waals surface area contributed by atoms with Gasteiger partial charge in [-0.05, 0) is 63.6 Å². The summed E-state index contributed by atoms with van der Waals surface area (Å²) < 4.78 is 0. The molecule has 1 fully saturated rings. The van der Waals surface area contributed by atoms with Crippen molar-refractivity contribution in [2.45, 2.75) is 59.9 Å². The van der Waals surface area contributed by atoms with Crippen LogP contribution in [0.1, 0.15) is 53.9 Å². The number of nitrogens with one attached hydrogen (secondary N) is 1. The van der Waals surface area contributed by atoms with Crippen molar-refractivity contribution in [3.8, 4) is 0 Å². The molecular weight excluding hydrogens is 220 g/mol. The SMILES string of the molecule is CCCN(CC1CC1)C(C)C(C)CNCC(C)C. The third-order valence-electron chi connectivity index (χ3n) is 4.12. The largest absolute Gasteiger partial charge is 0.316 e. The molecule has 0 aromatic carbocycles. The average Bonchev–Trinajstić information content (AvgIpc) is 3.10. The van der Waals surface area contributed by atoms with Crippen LogP contribution in [0.15, 0.2) is 0 Å². The Morgan fingerprint density at radius 2 is 1.78 bits per heavy atom. The third kappa shape index (κ3) is 6.19. The molecule has 0 aliphatic heterocycles. The van der Waals surface area contributed by atoms with E-state index in [0.717, 1.165) is 30.8 Å². The predicted octanol–water partition coefficient (Wildman–Crippen LogP) is 3.38. The minimum absolute atomic E-state index is 0.713. The fourth-order valence-corrected chi connectivity index (χ4v) is 2.51. The highest BCUT2D eigenvalue weighted by Gasteiger charge is 2.27. The lowest BCUT2D eigenvalue weighted by Crippen LogP contribution is -2.43. The van der Waals surface area contributed by atoms with Gasteiger partial charge in [-0.15, -0.1) is 0 Å². The van der Waals surface area contributed by atoms with Crippen molar-refractivity contribution in [3.63, 3.8) is 0 Å². The molecule has 0 amide bonds. The lowest BCUT2D eigenvalue weighted by molar-refractivity contribution is 0.152. The van der Waals surface area contributed by atoms with Crippen LogP contribution in [0.2, 0.25) is 0 Å². The van der Waals surface area contributed by atoms with E-state index < -0.39 is 0 Å². The summed E-state index contributed by atoms with van der Waals surface area (Å²) in [6.45, 7) is 16.6. The maximum atomic E-state index is 3.60. The topological polar surface area (TPSA) is 15.3 Å². The molecule has 0 heterocycles. The van der Waals surface area contributed by atoms with Gasteiger partial charge in [0.25, 0.3) is 0 Å². The third-order valence-corrected chi connectivity index (χ3v) is 4.12. The molecule has 2 atom stereocenters. The van der Waals surface area contributed by atoms with Crippen molar-refractivity contribution in [1.82, 2.24) is 10.2 Å². The Morgan fingerprint density at radius 3 is 2.28 bits per heavy atom. The van der Waals surface area contributed by atoms with Crippen LogP contribution in [-0.2, 0) is 0 Å². The van der Waals surface area contributed by atoms with E-state index >= 15 is 0 Å². The van der Waals surface area contributed by atoms with Gasteiger partial charge in [0.1, 0.15) is 0 Å². The quantitative estimate of drug-likeness (QED) is 0.643. The first kappa shape index (κ1) is 16.0. The van der Waals surface area contributed by atoms with Gasteiger partial charge in [0, 0.05) is 12.6 Å². The number of rotatable bonds is 10. The van der Waals surface area contributed by atoms with Gasteiger partial charge >= 0.3 is 0 Å². The summed E-state index contributed by atoms with van der Waals surface area (Å²) >= 11 is 0. The maximum Gasteiger partial charge on any atom is 0.0105 e. The molecule has 108 valence electrons. The van der Waals surface area contributed by atoms with Gasteiger partial charge in [-0.25, -0.2) is 0 Å². The van der Waals surface area contributed by atoms with Gasteiger partial charge in [-0.1, -0.05) is 27.7 Å². The van der Waals surface area contributed by atoms with Gasteiger partial charge in [-0.3, -0.25) is 0 Å². The highest BCUT2D eigenvalue weighted by atomic mass is 15.2. The summed E-state index contributed by atoms with van der Waals surface area (Å²) in [6.07, 6.45) is 4.21. The molecule has 2 heteroatoms. The molecule has 1 rings (SSSR count). The Morgan fingerprint density at radius 1 is 1.11 bits per heavy atom. The molecule has 2 nitrogen and oxygen atoms in total. The predicted molar refractivity (Wildman–Crippen MR) is 80.9 cm³/mol. The molecule has 2 unspecified atom stereocenters. The highest BCUT2D eigenvalue weighted by Crippen LogP contribution is 2.31. The van der Waals surface area contributed by atoms with Crippen molar-refractivity contribution in [3.05, 3.63) is 0 Å². The summed E-state index contributed by atoms with van der Waals surface area (Å²) in [7, 11) is 0. The first-order chi connectivity index (χ1) is 8.54. The fraction of sp³-hybridized carbons (Fsp3) is 1.00. The molecule has 0 spiro atoms. The van der Waals surface area contributed by atoms with Gasteiger partial charge < -0.3 is 10.2 Å². The molecule has 1 aliphatic rings. The minimum Gasteiger partial charge on any atom is -0.316 e. The van der Waals surface area contributed by atoms with Crippen LogP contribution < -0.4 is 5.32 Å². The van der Waals surface area contributed by atoms with E-state index in [1.165, 1.54) is 32.4 Å². The van der Waals surface area contributed by atoms with E-state index in [1.807, 2.05) is 0 Å². The van der Waals surface area contributed by atoms with Gasteiger partial charge in [0.2, 0.25) is 0 Å². The zero-order chi connectivity index (χ0) is 13.5. The monoisotopic (exact) mass is 254 g/mol. The Balaban J connectivity index is 2.29. The van der Waals surface area contributed by atoms with E-state index in [-0.39, 0.29) is 0 Å². The first-order valence-electron chi connectivity index (χ1n) is 7.99. The number of hydrogen-bond donors (Lipinski definition) is 1. The number of hydrogen-bond acceptors (Lipinski definition) is 2. The smallest absolute Gasteiger partial charge is 0.0105 e. The second kappa shape index (κ2) is 8.16. The van der Waals surface area contributed by atoms with Crippen molar-refractivity contribution in [2.24, 2.45) is 17.8 Å². The first-order valence-corrected chi connectivity index (χ1v) is 7.99. The summed E-state index contributed by atoms with van der Waals surface area (Å²) in [4.78, 5) is 2.72. The van der Waals surface area contributed by atoms with Crippen LogP contribution in [-0.4, -0.2) is 37.1 Å². The zero-order valence-corrected chi connectivity index (χ0v) is 13.2. The lowest BCUT2D eigenvalue weighted by Gasteiger charge is -2.33. The molecular formula is C16H34N2. The van der Waals surface area contributed by atoms with Crippen molar-refractivity contribution in [1.29, 1.82) is 0 Å². The molecule has 0 radical (unpaired) electrons. The van der Waals surface area contributed by atoms with Crippen LogP contribution in [0, 0.1) is 17.8 Å². The Labute approximate surface area is 115 Å². The van der Waals surface area contributed by atoms with Gasteiger partial charge in [0.05, 0.1) is 0 Å². The van der Waals surface area contributed by atoms with Crippen LogP contribution in [0.3, 0.4) is 0 Å². The Bertz CT molecular complexity index is 211. The van der Waals surface area contributed by atoms with Crippen LogP contribution in [0.5, 0.6) is 0 Å². The fourth-order valence-electron chi connectivity index (χ4n) is 2.51. The molecule has 1 aliphatic carbocycles. The van der Waals surface area contributed by atoms with E-state index in [1.54, 1.807) is 0 Å². The average molecular weight is 254 g/mol. The van der Waals surface area contributed by atoms with E-state index in [2.05, 4.69) is 44.8 Å². The minimum atomic E-state index is 0.713. The number of nitrogens with zero attached hydrogens (tertiary/aromatic N) is 1. The molecule has 0 bridgehead atoms. The summed E-state index contributed by atoms with van der Waals surface area (Å²) in [5, 5.41) is 3.60. The van der Waals surface area contributed by atoms with Crippen molar-refractivity contribution < 1.29 is 0 Å². The van der Waals surface area contributed by atoms with Gasteiger partial charge in [0.15, 0.2) is 0 Å². The van der Waals surface area contributed by atoms with E-state index in [4.69, 9.17) is 0 Å². The van der Waals surface area contributed by atoms with E-state index in [0.29, 0.717) is 6.04 Å². The summed E-state index contributed by atoms with van der Waals surface area (Å²) in [6, 6.07) is 0.713. The molecule has 18 heavy (non-hydrogen) atoms. The Hall–Kier alpha value is -0.0800. The van der Waals surface area contributed by atoms with Gasteiger partial charge in [-0.2, -0.15) is 0 Å². The van der Waals surface area contributed by atoms with Crippen LogP contribution >= 0.6 is 0 Å². The van der Waals surface area contributed by atoms with E-state index in [9.17, 15) is 0 Å². The normalized spacial score (nSPS) is 19.5. The molecule has 0 saturated heterocycles. The van der Waals surface area contributed by atoms with Crippen molar-refractivity contribution in [2.75, 3.05) is 26.2 Å². The maximum absolute atomic E-state index is 3.60. The second-order valence-corrected chi connectivity index (χ2v) is 6.71. The zero-order valence-electron chi connectivity index (χ0n) is 13.2. The highest BCUT2D eigenvalue weighted by molar-refractivity contribution is 4.82. The standard InChI is InChI=1S/C16H34N2/c1-6-9-18(12-16-7-8-16)15(5)14(4)11-17-10-13(2)3/h13-17H,6-12H2,1-5H3. The molecule has 0 aromatic heterocycles. The van der Waals surface area contributed by atoms with Crippen molar-refractivity contribution >= 4 is 0 Å². The van der Waals surface area contributed by atoms with Crippen LogP contribution in [0.4, 0.5) is 0 Å². The summed E-state index contributed by atoms with van der Waals surface area (Å²) in [5.41, 5.74) is 0. The molecule has 1 saturated carbocycles. The van der Waals surface area contributed by atoms with Crippen LogP contribution in [0.25, 0.3) is 0 Å². The second-order valence-electron chi connectivity index (χ2n) is 6.71. The molecule has 1 N–H and O–H groups in total. The molecule has 0 aromatic rings. The lowest BCUT2D eigenvalue weighted by atomic mass is 10.0. The Kier molecular flexibility index (Phi) is 7.25.